The van der Waals surface area contributed by atoms with Crippen LogP contribution in [0.15, 0.2) is 47.6 Å². The Morgan fingerprint density at radius 1 is 1.08 bits per heavy atom. The first-order chi connectivity index (χ1) is 12.4. The predicted octanol–water partition coefficient (Wildman–Crippen LogP) is 4.35. The van der Waals surface area contributed by atoms with Crippen molar-refractivity contribution in [3.05, 3.63) is 57.5 Å². The molecule has 0 aliphatic rings. The number of rotatable bonds is 5. The van der Waals surface area contributed by atoms with Gasteiger partial charge in [-0.25, -0.2) is 4.68 Å². The third-order valence-corrected chi connectivity index (χ3v) is 5.24. The van der Waals surface area contributed by atoms with E-state index >= 15 is 0 Å². The summed E-state index contributed by atoms with van der Waals surface area (Å²) < 4.78 is 1.31. The Bertz CT molecular complexity index is 946. The van der Waals surface area contributed by atoms with E-state index < -0.39 is 0 Å². The average Bonchev–Trinajstić information content (AvgIpc) is 2.98. The lowest BCUT2D eigenvalue weighted by Gasteiger charge is -2.06. The van der Waals surface area contributed by atoms with Crippen LogP contribution in [0.3, 0.4) is 0 Å². The van der Waals surface area contributed by atoms with E-state index in [1.165, 1.54) is 16.4 Å². The highest BCUT2D eigenvalue weighted by Gasteiger charge is 2.15. The summed E-state index contributed by atoms with van der Waals surface area (Å²) in [7, 11) is 0. The summed E-state index contributed by atoms with van der Waals surface area (Å²) in [6.07, 6.45) is 0. The highest BCUT2D eigenvalue weighted by atomic mass is 35.5. The van der Waals surface area contributed by atoms with Gasteiger partial charge in [-0.2, -0.15) is 0 Å². The molecule has 10 heteroatoms. The summed E-state index contributed by atoms with van der Waals surface area (Å²) >= 11 is 18.9. The number of carbonyl (C=O) groups is 1. The van der Waals surface area contributed by atoms with Gasteiger partial charge in [0.1, 0.15) is 0 Å². The second-order valence-corrected chi connectivity index (χ2v) is 7.34. The first-order valence-electron chi connectivity index (χ1n) is 7.28. The Labute approximate surface area is 168 Å². The average molecular weight is 429 g/mol. The fourth-order valence-electron chi connectivity index (χ4n) is 2.07. The lowest BCUT2D eigenvalue weighted by Crippen LogP contribution is -2.16. The zero-order valence-corrected chi connectivity index (χ0v) is 16.2. The maximum atomic E-state index is 12.0. The van der Waals surface area contributed by atoms with Crippen LogP contribution in [0.25, 0.3) is 11.4 Å². The molecule has 0 spiro atoms. The molecular formula is C16H12Cl3N5OS. The van der Waals surface area contributed by atoms with Gasteiger partial charge in [0.15, 0.2) is 5.82 Å². The lowest BCUT2D eigenvalue weighted by molar-refractivity contribution is -0.113. The molecule has 0 fully saturated rings. The Hall–Kier alpha value is -1.93. The van der Waals surface area contributed by atoms with Crippen LogP contribution in [0.4, 0.5) is 5.69 Å². The molecule has 2 aromatic carbocycles. The number of hydrogen-bond acceptors (Lipinski definition) is 5. The number of thioether (sulfide) groups is 1. The molecule has 0 aliphatic heterocycles. The van der Waals surface area contributed by atoms with Gasteiger partial charge in [-0.3, -0.25) is 4.79 Å². The van der Waals surface area contributed by atoms with E-state index in [1.54, 1.807) is 42.5 Å². The molecule has 6 nitrogen and oxygen atoms in total. The first-order valence-corrected chi connectivity index (χ1v) is 9.40. The predicted molar refractivity (Wildman–Crippen MR) is 106 cm³/mol. The first kappa shape index (κ1) is 18.8. The number of benzene rings is 2. The maximum absolute atomic E-state index is 12.0. The second kappa shape index (κ2) is 8.18. The van der Waals surface area contributed by atoms with Gasteiger partial charge in [0.2, 0.25) is 11.1 Å². The summed E-state index contributed by atoms with van der Waals surface area (Å²) in [5, 5.41) is 12.7. The maximum Gasteiger partial charge on any atom is 0.234 e. The quantitative estimate of drug-likeness (QED) is 0.466. The van der Waals surface area contributed by atoms with Crippen LogP contribution in [0.2, 0.25) is 15.1 Å². The smallest absolute Gasteiger partial charge is 0.234 e. The molecule has 3 rings (SSSR count). The van der Waals surface area contributed by atoms with Gasteiger partial charge in [0.25, 0.3) is 0 Å². The van der Waals surface area contributed by atoms with Gasteiger partial charge in [0, 0.05) is 16.3 Å². The van der Waals surface area contributed by atoms with Crippen molar-refractivity contribution >= 4 is 58.2 Å². The van der Waals surface area contributed by atoms with E-state index in [-0.39, 0.29) is 11.7 Å². The zero-order chi connectivity index (χ0) is 18.7. The van der Waals surface area contributed by atoms with Gasteiger partial charge in [-0.05, 0) is 42.5 Å². The largest absolute Gasteiger partial charge is 0.335 e. The van der Waals surface area contributed by atoms with Gasteiger partial charge in [-0.15, -0.1) is 10.2 Å². The van der Waals surface area contributed by atoms with Gasteiger partial charge in [0.05, 0.1) is 15.8 Å². The number of halogens is 3. The van der Waals surface area contributed by atoms with Gasteiger partial charge < -0.3 is 11.2 Å². The fraction of sp³-hybridized carbons (Fsp3) is 0.0625. The molecule has 0 bridgehead atoms. The molecule has 1 aromatic heterocycles. The van der Waals surface area contributed by atoms with E-state index in [0.29, 0.717) is 37.3 Å². The Kier molecular flexibility index (Phi) is 5.93. The highest BCUT2D eigenvalue weighted by Crippen LogP contribution is 2.28. The van der Waals surface area contributed by atoms with Crippen LogP contribution in [-0.2, 0) is 4.79 Å². The number of hydrogen-bond donors (Lipinski definition) is 2. The van der Waals surface area contributed by atoms with Crippen molar-refractivity contribution < 1.29 is 4.79 Å². The topological polar surface area (TPSA) is 85.8 Å². The molecule has 1 heterocycles. The molecular weight excluding hydrogens is 417 g/mol. The van der Waals surface area contributed by atoms with Crippen molar-refractivity contribution in [1.82, 2.24) is 14.9 Å². The standard InChI is InChI=1S/C16H12Cl3N5OS/c17-10-2-4-11(5-3-10)21-14(25)8-26-16-23-22-15(24(16)20)9-1-6-12(18)13(19)7-9/h1-7H,8,20H2,(H,21,25). The molecule has 26 heavy (non-hydrogen) atoms. The molecule has 3 N–H and O–H groups in total. The van der Waals surface area contributed by atoms with Crippen LogP contribution >= 0.6 is 46.6 Å². The monoisotopic (exact) mass is 427 g/mol. The minimum Gasteiger partial charge on any atom is -0.335 e. The second-order valence-electron chi connectivity index (χ2n) is 5.15. The van der Waals surface area contributed by atoms with Crippen LogP contribution in [-0.4, -0.2) is 26.5 Å². The van der Waals surface area contributed by atoms with Crippen LogP contribution in [0.5, 0.6) is 0 Å². The molecule has 3 aromatic rings. The number of anilines is 1. The van der Waals surface area contributed by atoms with E-state index in [1.807, 2.05) is 0 Å². The van der Waals surface area contributed by atoms with E-state index in [0.717, 1.165) is 0 Å². The number of nitrogens with one attached hydrogen (secondary N) is 1. The van der Waals surface area contributed by atoms with Crippen molar-refractivity contribution in [2.45, 2.75) is 5.16 Å². The van der Waals surface area contributed by atoms with Crippen LogP contribution < -0.4 is 11.2 Å². The molecule has 1 amide bonds. The van der Waals surface area contributed by atoms with E-state index in [9.17, 15) is 4.79 Å². The molecule has 0 radical (unpaired) electrons. The highest BCUT2D eigenvalue weighted by molar-refractivity contribution is 7.99. The number of aromatic nitrogens is 3. The summed E-state index contributed by atoms with van der Waals surface area (Å²) in [5.41, 5.74) is 1.33. The number of carbonyl (C=O) groups excluding carboxylic acids is 1. The lowest BCUT2D eigenvalue weighted by atomic mass is 10.2. The SMILES string of the molecule is Nn1c(SCC(=O)Nc2ccc(Cl)cc2)nnc1-c1ccc(Cl)c(Cl)c1. The minimum atomic E-state index is -0.198. The fourth-order valence-corrected chi connectivity index (χ4v) is 3.15. The van der Waals surface area contributed by atoms with Crippen molar-refractivity contribution in [3.63, 3.8) is 0 Å². The number of nitrogen functional groups attached to an aromatic ring is 1. The number of nitrogens with zero attached hydrogens (tertiary/aromatic N) is 3. The third kappa shape index (κ3) is 4.42. The summed E-state index contributed by atoms with van der Waals surface area (Å²) in [6, 6.07) is 11.9. The normalized spacial score (nSPS) is 10.7. The summed E-state index contributed by atoms with van der Waals surface area (Å²) in [4.78, 5) is 12.0. The Morgan fingerprint density at radius 2 is 1.81 bits per heavy atom. The number of nitrogens with two attached hydrogens (primary N) is 1. The third-order valence-electron chi connectivity index (χ3n) is 3.30. The molecule has 134 valence electrons. The van der Waals surface area contributed by atoms with Crippen LogP contribution in [0.1, 0.15) is 0 Å². The van der Waals surface area contributed by atoms with Crippen molar-refractivity contribution in [3.8, 4) is 11.4 Å². The summed E-state index contributed by atoms with van der Waals surface area (Å²) in [6.45, 7) is 0. The Morgan fingerprint density at radius 3 is 2.50 bits per heavy atom. The van der Waals surface area contributed by atoms with Gasteiger partial charge >= 0.3 is 0 Å². The van der Waals surface area contributed by atoms with Crippen molar-refractivity contribution in [2.75, 3.05) is 16.9 Å². The zero-order valence-electron chi connectivity index (χ0n) is 13.1. The van der Waals surface area contributed by atoms with E-state index in [2.05, 4.69) is 15.5 Å². The number of amides is 1. The molecule has 0 saturated heterocycles. The summed E-state index contributed by atoms with van der Waals surface area (Å²) in [5.74, 6) is 6.37. The van der Waals surface area contributed by atoms with E-state index in [4.69, 9.17) is 40.6 Å². The minimum absolute atomic E-state index is 0.124. The van der Waals surface area contributed by atoms with Crippen molar-refractivity contribution in [2.24, 2.45) is 0 Å². The Balaban J connectivity index is 1.65. The molecule has 0 saturated carbocycles. The molecule has 0 atom stereocenters. The van der Waals surface area contributed by atoms with Crippen molar-refractivity contribution in [1.29, 1.82) is 0 Å². The van der Waals surface area contributed by atoms with Crippen LogP contribution in [0, 0.1) is 0 Å². The molecule has 0 unspecified atom stereocenters. The van der Waals surface area contributed by atoms with Gasteiger partial charge in [-0.1, -0.05) is 46.6 Å². The molecule has 0 aliphatic carbocycles.